The number of oxazole rings is 1. The van der Waals surface area contributed by atoms with Gasteiger partial charge in [0, 0.05) is 5.56 Å². The summed E-state index contributed by atoms with van der Waals surface area (Å²) in [5.74, 6) is -0.156. The van der Waals surface area contributed by atoms with E-state index in [0.29, 0.717) is 16.6 Å². The van der Waals surface area contributed by atoms with E-state index < -0.39 is 5.92 Å². The minimum Gasteiger partial charge on any atom is -0.436 e. The van der Waals surface area contributed by atoms with Crippen LogP contribution in [-0.4, -0.2) is 10.9 Å². The van der Waals surface area contributed by atoms with Crippen molar-refractivity contribution in [3.8, 4) is 11.5 Å². The monoisotopic (exact) mass is 466 g/mol. The number of amides is 1. The molecule has 0 atom stereocenters. The molecule has 0 unspecified atom stereocenters. The highest BCUT2D eigenvalue weighted by molar-refractivity contribution is 6.34. The van der Waals surface area contributed by atoms with Crippen LogP contribution in [0.1, 0.15) is 28.2 Å². The Kier molecular flexibility index (Phi) is 5.91. The van der Waals surface area contributed by atoms with Crippen LogP contribution in [0, 0.1) is 13.8 Å². The lowest BCUT2D eigenvalue weighted by molar-refractivity contribution is -0.116. The molecule has 0 fully saturated rings. The molecule has 0 aliphatic heterocycles. The third kappa shape index (κ3) is 4.33. The number of fused-ring (bicyclic) bond motifs is 1. The second kappa shape index (κ2) is 9.16. The molecule has 5 rings (SSSR count). The van der Waals surface area contributed by atoms with Gasteiger partial charge in [-0.3, -0.25) is 4.79 Å². The van der Waals surface area contributed by atoms with Gasteiger partial charge in [0.25, 0.3) is 0 Å². The average Bonchev–Trinajstić information content (AvgIpc) is 3.26. The fourth-order valence-corrected chi connectivity index (χ4v) is 4.41. The number of benzene rings is 4. The van der Waals surface area contributed by atoms with E-state index in [9.17, 15) is 4.79 Å². The maximum Gasteiger partial charge on any atom is 0.236 e. The first-order chi connectivity index (χ1) is 16.5. The zero-order valence-electron chi connectivity index (χ0n) is 18.9. The topological polar surface area (TPSA) is 55.1 Å². The van der Waals surface area contributed by atoms with Crippen molar-refractivity contribution in [2.45, 2.75) is 19.8 Å². The zero-order valence-corrected chi connectivity index (χ0v) is 19.6. The van der Waals surface area contributed by atoms with Crippen molar-refractivity contribution in [2.75, 3.05) is 5.32 Å². The van der Waals surface area contributed by atoms with Crippen LogP contribution in [0.2, 0.25) is 5.02 Å². The van der Waals surface area contributed by atoms with Crippen molar-refractivity contribution < 1.29 is 9.21 Å². The predicted octanol–water partition coefficient (Wildman–Crippen LogP) is 7.54. The van der Waals surface area contributed by atoms with Gasteiger partial charge in [0.1, 0.15) is 5.52 Å². The van der Waals surface area contributed by atoms with Gasteiger partial charge >= 0.3 is 0 Å². The molecule has 0 saturated carbocycles. The number of hydrogen-bond donors (Lipinski definition) is 1. The van der Waals surface area contributed by atoms with E-state index in [2.05, 4.69) is 16.4 Å². The lowest BCUT2D eigenvalue weighted by Crippen LogP contribution is -2.22. The summed E-state index contributed by atoms with van der Waals surface area (Å²) in [6.45, 7) is 4.04. The van der Waals surface area contributed by atoms with E-state index in [1.54, 1.807) is 12.1 Å². The molecule has 1 N–H and O–H groups in total. The second-order valence-corrected chi connectivity index (χ2v) is 8.79. The maximum atomic E-state index is 13.5. The quantitative estimate of drug-likeness (QED) is 0.291. The maximum absolute atomic E-state index is 13.5. The Morgan fingerprint density at radius 1 is 0.882 bits per heavy atom. The number of halogens is 1. The van der Waals surface area contributed by atoms with Crippen molar-refractivity contribution in [2.24, 2.45) is 0 Å². The number of anilines is 1. The fraction of sp³-hybridized carbons (Fsp3) is 0.103. The molecule has 34 heavy (non-hydrogen) atoms. The van der Waals surface area contributed by atoms with Crippen LogP contribution in [0.5, 0.6) is 0 Å². The third-order valence-corrected chi connectivity index (χ3v) is 6.15. The molecule has 0 saturated heterocycles. The second-order valence-electron chi connectivity index (χ2n) is 8.39. The number of carbonyl (C=O) groups is 1. The summed E-state index contributed by atoms with van der Waals surface area (Å²) < 4.78 is 6.06. The highest BCUT2D eigenvalue weighted by Crippen LogP contribution is 2.33. The lowest BCUT2D eigenvalue weighted by atomic mass is 9.90. The molecule has 1 heterocycles. The Balaban J connectivity index is 1.50. The van der Waals surface area contributed by atoms with Crippen LogP contribution in [0.4, 0.5) is 5.69 Å². The van der Waals surface area contributed by atoms with Gasteiger partial charge in [-0.15, -0.1) is 0 Å². The smallest absolute Gasteiger partial charge is 0.236 e. The molecule has 4 aromatic carbocycles. The Morgan fingerprint density at radius 2 is 1.53 bits per heavy atom. The Bertz CT molecular complexity index is 1440. The summed E-state index contributed by atoms with van der Waals surface area (Å²) in [5, 5.41) is 3.48. The Hall–Kier alpha value is -3.89. The standard InChI is InChI=1S/C29H23ClN2O2/c1-18-15-19(2)27-25(16-18)32-29(34-27)22-13-14-23(30)24(17-22)31-28(33)26(20-9-5-3-6-10-20)21-11-7-4-8-12-21/h3-17,26H,1-2H3,(H,31,33). The molecule has 0 aliphatic carbocycles. The van der Waals surface area contributed by atoms with Crippen molar-refractivity contribution >= 4 is 34.3 Å². The van der Waals surface area contributed by atoms with Gasteiger partial charge in [-0.25, -0.2) is 4.98 Å². The predicted molar refractivity (Wildman–Crippen MR) is 137 cm³/mol. The van der Waals surface area contributed by atoms with Gasteiger partial charge in [0.2, 0.25) is 11.8 Å². The van der Waals surface area contributed by atoms with Crippen molar-refractivity contribution in [1.82, 2.24) is 4.98 Å². The van der Waals surface area contributed by atoms with Crippen LogP contribution in [0.3, 0.4) is 0 Å². The molecular weight excluding hydrogens is 444 g/mol. The highest BCUT2D eigenvalue weighted by Gasteiger charge is 2.23. The first kappa shape index (κ1) is 21.9. The van der Waals surface area contributed by atoms with Crippen LogP contribution < -0.4 is 5.32 Å². The van der Waals surface area contributed by atoms with Crippen molar-refractivity contribution in [1.29, 1.82) is 0 Å². The summed E-state index contributed by atoms with van der Waals surface area (Å²) in [7, 11) is 0. The minimum atomic E-state index is -0.475. The first-order valence-corrected chi connectivity index (χ1v) is 11.5. The molecule has 0 spiro atoms. The van der Waals surface area contributed by atoms with Gasteiger partial charge in [0.05, 0.1) is 16.6 Å². The van der Waals surface area contributed by atoms with Gasteiger partial charge in [0.15, 0.2) is 5.58 Å². The molecule has 0 aliphatic rings. The molecule has 5 aromatic rings. The van der Waals surface area contributed by atoms with Gasteiger partial charge in [-0.2, -0.15) is 0 Å². The van der Waals surface area contributed by atoms with E-state index in [-0.39, 0.29) is 5.91 Å². The number of rotatable bonds is 5. The zero-order chi connectivity index (χ0) is 23.7. The number of nitrogens with zero attached hydrogens (tertiary/aromatic N) is 1. The summed E-state index contributed by atoms with van der Waals surface area (Å²) in [5.41, 5.74) is 6.79. The number of carbonyl (C=O) groups excluding carboxylic acids is 1. The van der Waals surface area contributed by atoms with Gasteiger partial charge in [-0.1, -0.05) is 78.3 Å². The molecule has 5 heteroatoms. The lowest BCUT2D eigenvalue weighted by Gasteiger charge is -2.18. The normalized spacial score (nSPS) is 11.2. The van der Waals surface area contributed by atoms with E-state index in [1.165, 1.54) is 0 Å². The average molecular weight is 467 g/mol. The molecule has 1 aromatic heterocycles. The molecule has 1 amide bonds. The van der Waals surface area contributed by atoms with E-state index in [4.69, 9.17) is 16.0 Å². The number of nitrogens with one attached hydrogen (secondary N) is 1. The minimum absolute atomic E-state index is 0.166. The Labute approximate surface area is 203 Å². The summed E-state index contributed by atoms with van der Waals surface area (Å²) in [4.78, 5) is 18.2. The van der Waals surface area contributed by atoms with Gasteiger partial charge in [-0.05, 0) is 60.4 Å². The molecule has 0 bridgehead atoms. The molecule has 4 nitrogen and oxygen atoms in total. The largest absolute Gasteiger partial charge is 0.436 e. The number of aromatic nitrogens is 1. The molecular formula is C29H23ClN2O2. The van der Waals surface area contributed by atoms with Gasteiger partial charge < -0.3 is 9.73 Å². The molecule has 0 radical (unpaired) electrons. The third-order valence-electron chi connectivity index (χ3n) is 5.82. The van der Waals surface area contributed by atoms with Crippen molar-refractivity contribution in [3.63, 3.8) is 0 Å². The molecule has 168 valence electrons. The van der Waals surface area contributed by atoms with Crippen molar-refractivity contribution in [3.05, 3.63) is 118 Å². The Morgan fingerprint density at radius 3 is 2.18 bits per heavy atom. The van der Waals surface area contributed by atoms with E-state index >= 15 is 0 Å². The van der Waals surface area contributed by atoms with Crippen LogP contribution >= 0.6 is 11.6 Å². The fourth-order valence-electron chi connectivity index (χ4n) is 4.25. The number of aryl methyl sites for hydroxylation is 2. The summed E-state index contributed by atoms with van der Waals surface area (Å²) >= 11 is 6.48. The SMILES string of the molecule is Cc1cc(C)c2oc(-c3ccc(Cl)c(NC(=O)C(c4ccccc4)c4ccccc4)c3)nc2c1. The summed E-state index contributed by atoms with van der Waals surface area (Å²) in [6.07, 6.45) is 0. The number of hydrogen-bond acceptors (Lipinski definition) is 3. The van der Waals surface area contributed by atoms with E-state index in [0.717, 1.165) is 38.9 Å². The van der Waals surface area contributed by atoms with Crippen LogP contribution in [0.15, 0.2) is 95.4 Å². The first-order valence-electron chi connectivity index (χ1n) is 11.1. The van der Waals surface area contributed by atoms with Crippen LogP contribution in [0.25, 0.3) is 22.6 Å². The van der Waals surface area contributed by atoms with E-state index in [1.807, 2.05) is 86.6 Å². The highest BCUT2D eigenvalue weighted by atomic mass is 35.5. The summed E-state index contributed by atoms with van der Waals surface area (Å²) in [6, 6.07) is 28.9. The van der Waals surface area contributed by atoms with Crippen LogP contribution in [-0.2, 0) is 4.79 Å².